The second-order valence-corrected chi connectivity index (χ2v) is 10.8. The first kappa shape index (κ1) is 26.9. The molecule has 0 spiro atoms. The summed E-state index contributed by atoms with van der Waals surface area (Å²) in [5.41, 5.74) is 3.11. The molecule has 3 amide bonds. The molecule has 11 heteroatoms. The van der Waals surface area contributed by atoms with Gasteiger partial charge in [-0.3, -0.25) is 19.3 Å². The molecule has 1 N–H and O–H groups in total. The minimum atomic E-state index is -4.44. The number of rotatable bonds is 5. The number of thiocarbonyl (C=S) groups is 1. The van der Waals surface area contributed by atoms with Crippen LogP contribution in [0.3, 0.4) is 0 Å². The van der Waals surface area contributed by atoms with Crippen LogP contribution in [0.25, 0.3) is 11.1 Å². The summed E-state index contributed by atoms with van der Waals surface area (Å²) >= 11 is 6.42. The molecular formula is C28H22F3N3O3S2. The van der Waals surface area contributed by atoms with Gasteiger partial charge >= 0.3 is 6.18 Å². The summed E-state index contributed by atoms with van der Waals surface area (Å²) in [6.45, 7) is 0.801. The molecule has 2 aliphatic rings. The van der Waals surface area contributed by atoms with Gasteiger partial charge < -0.3 is 10.2 Å². The monoisotopic (exact) mass is 569 g/mol. The van der Waals surface area contributed by atoms with Gasteiger partial charge in [-0.2, -0.15) is 13.2 Å². The maximum atomic E-state index is 13.2. The molecule has 2 heterocycles. The Hall–Kier alpha value is -3.70. The van der Waals surface area contributed by atoms with Crippen molar-refractivity contribution in [3.05, 3.63) is 89.0 Å². The van der Waals surface area contributed by atoms with Crippen molar-refractivity contribution in [3.63, 3.8) is 0 Å². The number of anilines is 1. The normalized spacial score (nSPS) is 15.4. The maximum Gasteiger partial charge on any atom is 0.416 e. The van der Waals surface area contributed by atoms with Crippen LogP contribution in [0.4, 0.5) is 18.9 Å². The predicted molar refractivity (Wildman–Crippen MR) is 147 cm³/mol. The fraction of sp³-hybridized carbons (Fsp3) is 0.214. The first-order valence-electron chi connectivity index (χ1n) is 12.0. The van der Waals surface area contributed by atoms with Gasteiger partial charge in [-0.15, -0.1) is 0 Å². The molecule has 1 fully saturated rings. The molecule has 6 nitrogen and oxygen atoms in total. The first-order valence-corrected chi connectivity index (χ1v) is 13.4. The second-order valence-electron chi connectivity index (χ2n) is 9.16. The standard InChI is InChI=1S/C28H22F3N3O3S2/c29-28(30,31)20-8-5-17(6-9-20)22-3-1-2-4-23(22)26(37)32-21-10-7-19-14-33(12-11-18(19)13-21)24(35)15-34-25(36)16-39-27(34)38/h1-10,13H,11-12,14-16H2,(H,32,37). The average Bonchev–Trinajstić information content (AvgIpc) is 3.24. The summed E-state index contributed by atoms with van der Waals surface area (Å²) in [7, 11) is 0. The van der Waals surface area contributed by atoms with Crippen molar-refractivity contribution in [2.75, 3.05) is 24.2 Å². The topological polar surface area (TPSA) is 69.7 Å². The molecule has 0 aliphatic carbocycles. The van der Waals surface area contributed by atoms with Gasteiger partial charge in [0.1, 0.15) is 10.9 Å². The van der Waals surface area contributed by atoms with Crippen molar-refractivity contribution in [2.45, 2.75) is 19.1 Å². The predicted octanol–water partition coefficient (Wildman–Crippen LogP) is 5.37. The summed E-state index contributed by atoms with van der Waals surface area (Å²) in [4.78, 5) is 41.0. The zero-order valence-corrected chi connectivity index (χ0v) is 22.1. The number of alkyl halides is 3. The molecule has 1 saturated heterocycles. The lowest BCUT2D eigenvalue weighted by Crippen LogP contribution is -2.44. The van der Waals surface area contributed by atoms with E-state index < -0.39 is 11.7 Å². The highest BCUT2D eigenvalue weighted by Crippen LogP contribution is 2.32. The number of nitrogens with zero attached hydrogens (tertiary/aromatic N) is 2. The number of halogens is 3. The number of hydrogen-bond donors (Lipinski definition) is 1. The van der Waals surface area contributed by atoms with E-state index in [1.807, 2.05) is 12.1 Å². The summed E-state index contributed by atoms with van der Waals surface area (Å²) in [6.07, 6.45) is -3.86. The van der Waals surface area contributed by atoms with Crippen LogP contribution in [0.1, 0.15) is 27.0 Å². The van der Waals surface area contributed by atoms with Gasteiger partial charge in [-0.1, -0.05) is 60.4 Å². The van der Waals surface area contributed by atoms with Crippen LogP contribution in [0.15, 0.2) is 66.7 Å². The number of amides is 3. The Labute approximate surface area is 232 Å². The number of carbonyl (C=O) groups excluding carboxylic acids is 3. The van der Waals surface area contributed by atoms with Crippen molar-refractivity contribution < 1.29 is 27.6 Å². The number of carbonyl (C=O) groups is 3. The fourth-order valence-corrected chi connectivity index (χ4v) is 5.65. The van der Waals surface area contributed by atoms with E-state index in [0.29, 0.717) is 46.2 Å². The third kappa shape index (κ3) is 5.84. The van der Waals surface area contributed by atoms with Crippen LogP contribution in [-0.4, -0.2) is 50.7 Å². The van der Waals surface area contributed by atoms with E-state index in [9.17, 15) is 27.6 Å². The molecule has 3 aromatic rings. The van der Waals surface area contributed by atoms with E-state index in [1.165, 1.54) is 28.8 Å². The van der Waals surface area contributed by atoms with Gasteiger partial charge in [0, 0.05) is 24.3 Å². The molecular weight excluding hydrogens is 547 g/mol. The Morgan fingerprint density at radius 1 is 1.00 bits per heavy atom. The van der Waals surface area contributed by atoms with Crippen molar-refractivity contribution in [3.8, 4) is 11.1 Å². The summed E-state index contributed by atoms with van der Waals surface area (Å²) in [5, 5.41) is 2.89. The van der Waals surface area contributed by atoms with E-state index in [2.05, 4.69) is 5.32 Å². The van der Waals surface area contributed by atoms with E-state index in [0.717, 1.165) is 23.3 Å². The Morgan fingerprint density at radius 3 is 2.44 bits per heavy atom. The minimum Gasteiger partial charge on any atom is -0.336 e. The quantitative estimate of drug-likeness (QED) is 0.419. The molecule has 2 aliphatic heterocycles. The van der Waals surface area contributed by atoms with Gasteiger partial charge in [0.25, 0.3) is 5.91 Å². The van der Waals surface area contributed by atoms with Gasteiger partial charge in [-0.25, -0.2) is 0 Å². The van der Waals surface area contributed by atoms with Crippen LogP contribution in [0.5, 0.6) is 0 Å². The highest BCUT2D eigenvalue weighted by atomic mass is 32.2. The summed E-state index contributed by atoms with van der Waals surface area (Å²) < 4.78 is 39.3. The third-order valence-corrected chi connectivity index (χ3v) is 8.09. The van der Waals surface area contributed by atoms with Gasteiger partial charge in [0.05, 0.1) is 11.3 Å². The molecule has 0 radical (unpaired) electrons. The SMILES string of the molecule is O=C(Nc1ccc2c(c1)CCN(C(=O)CN1C(=O)CSC1=S)C2)c1ccccc1-c1ccc(C(F)(F)F)cc1. The average molecular weight is 570 g/mol. The first-order chi connectivity index (χ1) is 18.6. The van der Waals surface area contributed by atoms with E-state index in [-0.39, 0.29) is 30.0 Å². The number of hydrogen-bond acceptors (Lipinski definition) is 5. The lowest BCUT2D eigenvalue weighted by molar-refractivity contribution is -0.137. The Balaban J connectivity index is 1.27. The van der Waals surface area contributed by atoms with Crippen LogP contribution in [0.2, 0.25) is 0 Å². The molecule has 200 valence electrons. The Kier molecular flexibility index (Phi) is 7.46. The van der Waals surface area contributed by atoms with Crippen molar-refractivity contribution >= 4 is 51.7 Å². The lowest BCUT2D eigenvalue weighted by Gasteiger charge is -2.30. The third-order valence-electron chi connectivity index (χ3n) is 6.66. The number of benzene rings is 3. The maximum absolute atomic E-state index is 13.2. The van der Waals surface area contributed by atoms with Crippen LogP contribution in [0, 0.1) is 0 Å². The van der Waals surface area contributed by atoms with E-state index in [1.54, 1.807) is 35.2 Å². The summed E-state index contributed by atoms with van der Waals surface area (Å²) in [6, 6.07) is 16.9. The summed E-state index contributed by atoms with van der Waals surface area (Å²) in [5.74, 6) is -0.451. The highest BCUT2D eigenvalue weighted by Gasteiger charge is 2.31. The molecule has 0 saturated carbocycles. The highest BCUT2D eigenvalue weighted by molar-refractivity contribution is 8.23. The smallest absolute Gasteiger partial charge is 0.336 e. The largest absolute Gasteiger partial charge is 0.416 e. The minimum absolute atomic E-state index is 0.0630. The zero-order valence-electron chi connectivity index (χ0n) is 20.5. The molecule has 0 aromatic heterocycles. The Bertz CT molecular complexity index is 1460. The zero-order chi connectivity index (χ0) is 27.7. The number of thioether (sulfide) groups is 1. The number of fused-ring (bicyclic) bond motifs is 1. The fourth-order valence-electron chi connectivity index (χ4n) is 4.58. The second kappa shape index (κ2) is 10.8. The van der Waals surface area contributed by atoms with Crippen molar-refractivity contribution in [1.82, 2.24) is 9.80 Å². The van der Waals surface area contributed by atoms with E-state index in [4.69, 9.17) is 12.2 Å². The number of nitrogens with one attached hydrogen (secondary N) is 1. The van der Waals surface area contributed by atoms with Crippen molar-refractivity contribution in [2.24, 2.45) is 0 Å². The van der Waals surface area contributed by atoms with Crippen molar-refractivity contribution in [1.29, 1.82) is 0 Å². The van der Waals surface area contributed by atoms with Gasteiger partial charge in [-0.05, 0) is 59.0 Å². The van der Waals surface area contributed by atoms with E-state index >= 15 is 0 Å². The van der Waals surface area contributed by atoms with Gasteiger partial charge in [0.2, 0.25) is 11.8 Å². The van der Waals surface area contributed by atoms with Crippen LogP contribution in [-0.2, 0) is 28.7 Å². The Morgan fingerprint density at radius 2 is 1.74 bits per heavy atom. The molecule has 39 heavy (non-hydrogen) atoms. The molecule has 0 bridgehead atoms. The van der Waals surface area contributed by atoms with Crippen LogP contribution < -0.4 is 5.32 Å². The van der Waals surface area contributed by atoms with Crippen LogP contribution >= 0.6 is 24.0 Å². The van der Waals surface area contributed by atoms with Gasteiger partial charge in [0.15, 0.2) is 0 Å². The lowest BCUT2D eigenvalue weighted by atomic mass is 9.97. The molecule has 5 rings (SSSR count). The molecule has 0 unspecified atom stereocenters. The molecule has 0 atom stereocenters. The molecule has 3 aromatic carbocycles.